The van der Waals surface area contributed by atoms with Crippen LogP contribution in [0.5, 0.6) is 0 Å². The molecule has 0 aliphatic carbocycles. The van der Waals surface area contributed by atoms with Gasteiger partial charge in [0.1, 0.15) is 5.54 Å². The number of amides is 2. The Morgan fingerprint density at radius 3 is 2.60 bits per heavy atom. The lowest BCUT2D eigenvalue weighted by Crippen LogP contribution is -2.54. The lowest BCUT2D eigenvalue weighted by Gasteiger charge is -2.34. The summed E-state index contributed by atoms with van der Waals surface area (Å²) in [4.78, 5) is 27.0. The predicted octanol–water partition coefficient (Wildman–Crippen LogP) is 2.49. The number of benzene rings is 1. The molecule has 108 valence electrons. The van der Waals surface area contributed by atoms with Crippen LogP contribution in [0, 0.1) is 6.92 Å². The monoisotopic (exact) mass is 276 g/mol. The molecule has 2 amide bonds. The molecule has 0 saturated carbocycles. The molecule has 5 heteroatoms. The van der Waals surface area contributed by atoms with E-state index in [-0.39, 0.29) is 6.03 Å². The Labute approximate surface area is 118 Å². The maximum Gasteiger partial charge on any atom is 0.329 e. The fraction of sp³-hybridized carbons (Fsp3) is 0.467. The molecule has 0 spiro atoms. The number of carboxylic acids is 1. The summed E-state index contributed by atoms with van der Waals surface area (Å²) < 4.78 is 0. The number of aliphatic carboxylic acids is 1. The lowest BCUT2D eigenvalue weighted by molar-refractivity contribution is -0.147. The van der Waals surface area contributed by atoms with Gasteiger partial charge in [0.05, 0.1) is 0 Å². The van der Waals surface area contributed by atoms with Crippen LogP contribution in [-0.4, -0.2) is 41.1 Å². The number of likely N-dealkylation sites (tertiary alicyclic amines) is 1. The number of anilines is 1. The number of carbonyl (C=O) groups excluding carboxylic acids is 1. The van der Waals surface area contributed by atoms with Crippen LogP contribution in [0.3, 0.4) is 0 Å². The summed E-state index contributed by atoms with van der Waals surface area (Å²) in [6.45, 7) is 4.03. The van der Waals surface area contributed by atoms with E-state index < -0.39 is 11.5 Å². The molecule has 2 rings (SSSR count). The first-order valence-corrected chi connectivity index (χ1v) is 6.72. The summed E-state index contributed by atoms with van der Waals surface area (Å²) in [6, 6.07) is 7.31. The van der Waals surface area contributed by atoms with Crippen LogP contribution >= 0.6 is 0 Å². The van der Waals surface area contributed by atoms with Crippen LogP contribution in [0.2, 0.25) is 0 Å². The van der Waals surface area contributed by atoms with E-state index in [1.54, 1.807) is 14.0 Å². The highest BCUT2D eigenvalue weighted by molar-refractivity contribution is 5.96. The number of carboxylic acid groups (broad SMARTS) is 1. The number of para-hydroxylation sites is 1. The van der Waals surface area contributed by atoms with Gasteiger partial charge in [-0.3, -0.25) is 4.90 Å². The molecule has 0 bridgehead atoms. The van der Waals surface area contributed by atoms with E-state index >= 15 is 0 Å². The summed E-state index contributed by atoms with van der Waals surface area (Å²) in [5.41, 5.74) is 0.685. The fourth-order valence-corrected chi connectivity index (χ4v) is 2.72. The first-order chi connectivity index (χ1) is 9.38. The van der Waals surface area contributed by atoms with Crippen molar-refractivity contribution in [3.63, 3.8) is 0 Å². The second-order valence-electron chi connectivity index (χ2n) is 5.46. The minimum atomic E-state index is -1.10. The molecular weight excluding hydrogens is 256 g/mol. The van der Waals surface area contributed by atoms with Gasteiger partial charge < -0.3 is 10.0 Å². The SMILES string of the molecule is Cc1ccccc1N(C)C(=O)N1CCCC1(C)C(=O)O. The zero-order chi connectivity index (χ0) is 14.9. The molecule has 1 unspecified atom stereocenters. The molecule has 0 radical (unpaired) electrons. The molecule has 0 aromatic heterocycles. The Morgan fingerprint density at radius 2 is 2.00 bits per heavy atom. The van der Waals surface area contributed by atoms with Crippen molar-refractivity contribution in [1.29, 1.82) is 0 Å². The average molecular weight is 276 g/mol. The van der Waals surface area contributed by atoms with Crippen molar-refractivity contribution in [3.8, 4) is 0 Å². The average Bonchev–Trinajstić information content (AvgIpc) is 2.81. The van der Waals surface area contributed by atoms with Crippen molar-refractivity contribution in [2.24, 2.45) is 0 Å². The number of rotatable bonds is 2. The second-order valence-corrected chi connectivity index (χ2v) is 5.46. The summed E-state index contributed by atoms with van der Waals surface area (Å²) in [6.07, 6.45) is 1.21. The molecule has 1 atom stereocenters. The van der Waals surface area contributed by atoms with E-state index in [9.17, 15) is 14.7 Å². The van der Waals surface area contributed by atoms with Crippen molar-refractivity contribution in [1.82, 2.24) is 4.90 Å². The smallest absolute Gasteiger partial charge is 0.329 e. The number of urea groups is 1. The predicted molar refractivity (Wildman–Crippen MR) is 77.0 cm³/mol. The Hall–Kier alpha value is -2.04. The molecule has 1 N–H and O–H groups in total. The Balaban J connectivity index is 2.28. The Bertz CT molecular complexity index is 544. The first-order valence-electron chi connectivity index (χ1n) is 6.72. The highest BCUT2D eigenvalue weighted by atomic mass is 16.4. The van der Waals surface area contributed by atoms with Gasteiger partial charge in [0.25, 0.3) is 0 Å². The molecular formula is C15H20N2O3. The molecule has 20 heavy (non-hydrogen) atoms. The van der Waals surface area contributed by atoms with Gasteiger partial charge in [0, 0.05) is 19.3 Å². The summed E-state index contributed by atoms with van der Waals surface area (Å²) in [5, 5.41) is 9.39. The van der Waals surface area contributed by atoms with Crippen molar-refractivity contribution >= 4 is 17.7 Å². The van der Waals surface area contributed by atoms with Crippen LogP contribution in [0.15, 0.2) is 24.3 Å². The standard InChI is InChI=1S/C15H20N2O3/c1-11-7-4-5-8-12(11)16(3)14(20)17-10-6-9-15(17,2)13(18)19/h4-5,7-8H,6,9-10H2,1-3H3,(H,18,19). The van der Waals surface area contributed by atoms with Gasteiger partial charge in [0.15, 0.2) is 0 Å². The minimum Gasteiger partial charge on any atom is -0.480 e. The maximum absolute atomic E-state index is 12.6. The number of hydrogen-bond acceptors (Lipinski definition) is 2. The summed E-state index contributed by atoms with van der Waals surface area (Å²) in [5.74, 6) is -0.943. The van der Waals surface area contributed by atoms with Gasteiger partial charge in [-0.15, -0.1) is 0 Å². The molecule has 1 aliphatic heterocycles. The highest BCUT2D eigenvalue weighted by Gasteiger charge is 2.46. The number of aryl methyl sites for hydroxylation is 1. The zero-order valence-corrected chi connectivity index (χ0v) is 12.1. The number of nitrogens with zero attached hydrogens (tertiary/aromatic N) is 2. The van der Waals surface area contributed by atoms with Gasteiger partial charge in [-0.25, -0.2) is 9.59 Å². The molecule has 1 aromatic carbocycles. The number of carbonyl (C=O) groups is 2. The summed E-state index contributed by atoms with van der Waals surface area (Å²) >= 11 is 0. The molecule has 1 saturated heterocycles. The van der Waals surface area contributed by atoms with Gasteiger partial charge >= 0.3 is 12.0 Å². The maximum atomic E-state index is 12.6. The second kappa shape index (κ2) is 5.15. The molecule has 1 heterocycles. The van der Waals surface area contributed by atoms with E-state index in [1.165, 1.54) is 9.80 Å². The lowest BCUT2D eigenvalue weighted by atomic mass is 9.99. The number of hydrogen-bond donors (Lipinski definition) is 1. The highest BCUT2D eigenvalue weighted by Crippen LogP contribution is 2.31. The summed E-state index contributed by atoms with van der Waals surface area (Å²) in [7, 11) is 1.69. The fourth-order valence-electron chi connectivity index (χ4n) is 2.72. The van der Waals surface area contributed by atoms with Crippen LogP contribution < -0.4 is 4.90 Å². The molecule has 1 fully saturated rings. The van der Waals surface area contributed by atoms with E-state index in [0.717, 1.165) is 17.7 Å². The zero-order valence-electron chi connectivity index (χ0n) is 12.1. The van der Waals surface area contributed by atoms with E-state index in [2.05, 4.69) is 0 Å². The normalized spacial score (nSPS) is 21.9. The van der Waals surface area contributed by atoms with Crippen molar-refractivity contribution < 1.29 is 14.7 Å². The third-order valence-electron chi connectivity index (χ3n) is 4.10. The topological polar surface area (TPSA) is 60.9 Å². The van der Waals surface area contributed by atoms with Gasteiger partial charge in [-0.1, -0.05) is 18.2 Å². The van der Waals surface area contributed by atoms with E-state index in [4.69, 9.17) is 0 Å². The Morgan fingerprint density at radius 1 is 1.35 bits per heavy atom. The van der Waals surface area contributed by atoms with Crippen molar-refractivity contribution in [3.05, 3.63) is 29.8 Å². The Kier molecular flexibility index (Phi) is 3.70. The largest absolute Gasteiger partial charge is 0.480 e. The molecule has 1 aromatic rings. The third-order valence-corrected chi connectivity index (χ3v) is 4.10. The van der Waals surface area contributed by atoms with Crippen molar-refractivity contribution in [2.45, 2.75) is 32.2 Å². The molecule has 5 nitrogen and oxygen atoms in total. The van der Waals surface area contributed by atoms with Gasteiger partial charge in [-0.05, 0) is 38.3 Å². The minimum absolute atomic E-state index is 0.262. The van der Waals surface area contributed by atoms with Gasteiger partial charge in [-0.2, -0.15) is 0 Å². The van der Waals surface area contributed by atoms with Crippen LogP contribution in [0.25, 0.3) is 0 Å². The van der Waals surface area contributed by atoms with Crippen molar-refractivity contribution in [2.75, 3.05) is 18.5 Å². The van der Waals surface area contributed by atoms with E-state index in [1.807, 2.05) is 31.2 Å². The van der Waals surface area contributed by atoms with Crippen LogP contribution in [-0.2, 0) is 4.79 Å². The quantitative estimate of drug-likeness (QED) is 0.902. The van der Waals surface area contributed by atoms with Crippen LogP contribution in [0.4, 0.5) is 10.5 Å². The third kappa shape index (κ3) is 2.24. The van der Waals surface area contributed by atoms with Crippen LogP contribution in [0.1, 0.15) is 25.3 Å². The first kappa shape index (κ1) is 14.4. The van der Waals surface area contributed by atoms with Gasteiger partial charge in [0.2, 0.25) is 0 Å². The van der Waals surface area contributed by atoms with E-state index in [0.29, 0.717) is 13.0 Å². The molecule has 1 aliphatic rings.